The summed E-state index contributed by atoms with van der Waals surface area (Å²) in [4.78, 5) is 0. The molecule has 0 unspecified atom stereocenters. The highest BCUT2D eigenvalue weighted by molar-refractivity contribution is 5.85. The van der Waals surface area contributed by atoms with Gasteiger partial charge in [-0.25, -0.2) is 0 Å². The second-order valence-corrected chi connectivity index (χ2v) is 3.07. The molecule has 1 nitrogen and oxygen atoms in total. The summed E-state index contributed by atoms with van der Waals surface area (Å²) in [6, 6.07) is 4.36. The van der Waals surface area contributed by atoms with Crippen LogP contribution in [0.1, 0.15) is 22.3 Å². The molecule has 12 heavy (non-hydrogen) atoms. The van der Waals surface area contributed by atoms with E-state index in [4.69, 9.17) is 5.73 Å². The van der Waals surface area contributed by atoms with E-state index >= 15 is 0 Å². The summed E-state index contributed by atoms with van der Waals surface area (Å²) in [5.74, 6) is 0. The molecule has 0 radical (unpaired) electrons. The highest BCUT2D eigenvalue weighted by Gasteiger charge is 1.98. The Morgan fingerprint density at radius 1 is 1.00 bits per heavy atom. The second-order valence-electron chi connectivity index (χ2n) is 3.07. The predicted octanol–water partition coefficient (Wildman–Crippen LogP) is 2.49. The van der Waals surface area contributed by atoms with Gasteiger partial charge in [0, 0.05) is 6.54 Å². The van der Waals surface area contributed by atoms with Crippen molar-refractivity contribution in [3.05, 3.63) is 34.4 Å². The van der Waals surface area contributed by atoms with Crippen molar-refractivity contribution in [1.29, 1.82) is 0 Å². The summed E-state index contributed by atoms with van der Waals surface area (Å²) in [5, 5.41) is 0. The highest BCUT2D eigenvalue weighted by Crippen LogP contribution is 2.14. The topological polar surface area (TPSA) is 26.0 Å². The summed E-state index contributed by atoms with van der Waals surface area (Å²) < 4.78 is 0. The summed E-state index contributed by atoms with van der Waals surface area (Å²) >= 11 is 0. The number of halogens is 1. The second kappa shape index (κ2) is 4.48. The molecule has 0 saturated carbocycles. The van der Waals surface area contributed by atoms with Crippen LogP contribution in [0.3, 0.4) is 0 Å². The number of hydrogen-bond donors (Lipinski definition) is 1. The van der Waals surface area contributed by atoms with Gasteiger partial charge in [0.1, 0.15) is 0 Å². The highest BCUT2D eigenvalue weighted by atomic mass is 35.5. The third-order valence-corrected chi connectivity index (χ3v) is 2.17. The van der Waals surface area contributed by atoms with Gasteiger partial charge >= 0.3 is 0 Å². The number of benzene rings is 1. The van der Waals surface area contributed by atoms with Crippen LogP contribution in [0.4, 0.5) is 0 Å². The van der Waals surface area contributed by atoms with Crippen LogP contribution in [0.15, 0.2) is 12.1 Å². The summed E-state index contributed by atoms with van der Waals surface area (Å²) in [5.41, 5.74) is 10.8. The Morgan fingerprint density at radius 3 is 2.00 bits per heavy atom. The van der Waals surface area contributed by atoms with Crippen molar-refractivity contribution in [2.75, 3.05) is 0 Å². The fourth-order valence-corrected chi connectivity index (χ4v) is 1.24. The van der Waals surface area contributed by atoms with E-state index in [9.17, 15) is 0 Å². The van der Waals surface area contributed by atoms with E-state index in [1.165, 1.54) is 22.3 Å². The molecule has 1 rings (SSSR count). The first kappa shape index (κ1) is 11.5. The van der Waals surface area contributed by atoms with Crippen molar-refractivity contribution >= 4 is 12.4 Å². The quantitative estimate of drug-likeness (QED) is 0.715. The van der Waals surface area contributed by atoms with Crippen molar-refractivity contribution in [3.63, 3.8) is 0 Å². The zero-order valence-electron chi connectivity index (χ0n) is 7.85. The number of nitrogens with two attached hydrogens (primary N) is 1. The molecule has 0 aromatic heterocycles. The maximum absolute atomic E-state index is 5.57. The maximum Gasteiger partial charge on any atom is 0.0180 e. The van der Waals surface area contributed by atoms with Gasteiger partial charge in [0.2, 0.25) is 0 Å². The van der Waals surface area contributed by atoms with Gasteiger partial charge in [-0.1, -0.05) is 12.1 Å². The molecule has 0 atom stereocenters. The third kappa shape index (κ3) is 2.23. The normalized spacial score (nSPS) is 9.33. The monoisotopic (exact) mass is 185 g/mol. The van der Waals surface area contributed by atoms with Gasteiger partial charge in [-0.15, -0.1) is 12.4 Å². The Hall–Kier alpha value is -0.530. The van der Waals surface area contributed by atoms with E-state index < -0.39 is 0 Å². The molecule has 0 fully saturated rings. The minimum atomic E-state index is 0. The minimum absolute atomic E-state index is 0. The number of rotatable bonds is 1. The van der Waals surface area contributed by atoms with Gasteiger partial charge in [-0.05, 0) is 43.0 Å². The van der Waals surface area contributed by atoms with Crippen molar-refractivity contribution in [1.82, 2.24) is 0 Å². The summed E-state index contributed by atoms with van der Waals surface area (Å²) in [7, 11) is 0. The van der Waals surface area contributed by atoms with Gasteiger partial charge in [-0.2, -0.15) is 0 Å². The zero-order chi connectivity index (χ0) is 8.43. The fourth-order valence-electron chi connectivity index (χ4n) is 1.24. The largest absolute Gasteiger partial charge is 0.326 e. The van der Waals surface area contributed by atoms with Crippen molar-refractivity contribution in [2.45, 2.75) is 27.3 Å². The van der Waals surface area contributed by atoms with Crippen LogP contribution in [0, 0.1) is 20.8 Å². The van der Waals surface area contributed by atoms with Crippen LogP contribution in [-0.4, -0.2) is 0 Å². The summed E-state index contributed by atoms with van der Waals surface area (Å²) in [6.07, 6.45) is 0. The van der Waals surface area contributed by atoms with Crippen molar-refractivity contribution in [3.8, 4) is 0 Å². The van der Waals surface area contributed by atoms with Crippen molar-refractivity contribution < 1.29 is 0 Å². The molecule has 0 bridgehead atoms. The molecule has 1 aromatic carbocycles. The van der Waals surface area contributed by atoms with E-state index in [2.05, 4.69) is 32.9 Å². The molecule has 1 aromatic rings. The Morgan fingerprint density at radius 2 is 1.50 bits per heavy atom. The lowest BCUT2D eigenvalue weighted by atomic mass is 10.0. The number of hydrogen-bond acceptors (Lipinski definition) is 1. The van der Waals surface area contributed by atoms with Gasteiger partial charge in [-0.3, -0.25) is 0 Å². The van der Waals surface area contributed by atoms with Gasteiger partial charge in [0.05, 0.1) is 0 Å². The average molecular weight is 186 g/mol. The van der Waals surface area contributed by atoms with Crippen molar-refractivity contribution in [2.24, 2.45) is 5.73 Å². The molecule has 68 valence electrons. The standard InChI is InChI=1S/C10H15N.ClH/c1-7-4-9(3)10(6-11)5-8(7)2;/h4-5H,6,11H2,1-3H3;1H. The first-order chi connectivity index (χ1) is 5.15. The Kier molecular flexibility index (Phi) is 4.29. The molecule has 0 aliphatic rings. The van der Waals surface area contributed by atoms with E-state index in [1.807, 2.05) is 0 Å². The van der Waals surface area contributed by atoms with Crippen LogP contribution >= 0.6 is 12.4 Å². The Balaban J connectivity index is 0.00000121. The van der Waals surface area contributed by atoms with E-state index in [1.54, 1.807) is 0 Å². The molecule has 0 spiro atoms. The van der Waals surface area contributed by atoms with Crippen LogP contribution in [0.25, 0.3) is 0 Å². The lowest BCUT2D eigenvalue weighted by Crippen LogP contribution is -2.00. The van der Waals surface area contributed by atoms with Crippen LogP contribution in [-0.2, 0) is 6.54 Å². The molecule has 0 aliphatic carbocycles. The molecular weight excluding hydrogens is 170 g/mol. The van der Waals surface area contributed by atoms with E-state index in [-0.39, 0.29) is 12.4 Å². The maximum atomic E-state index is 5.57. The minimum Gasteiger partial charge on any atom is -0.326 e. The van der Waals surface area contributed by atoms with Gasteiger partial charge in [0.15, 0.2) is 0 Å². The first-order valence-electron chi connectivity index (χ1n) is 3.92. The van der Waals surface area contributed by atoms with E-state index in [0.717, 1.165) is 0 Å². The first-order valence-corrected chi connectivity index (χ1v) is 3.92. The molecule has 0 heterocycles. The smallest absolute Gasteiger partial charge is 0.0180 e. The Bertz CT molecular complexity index is 269. The lowest BCUT2D eigenvalue weighted by molar-refractivity contribution is 1.04. The van der Waals surface area contributed by atoms with Crippen LogP contribution < -0.4 is 5.73 Å². The molecular formula is C10H16ClN. The molecule has 0 amide bonds. The van der Waals surface area contributed by atoms with Gasteiger partial charge in [0.25, 0.3) is 0 Å². The fraction of sp³-hybridized carbons (Fsp3) is 0.400. The zero-order valence-corrected chi connectivity index (χ0v) is 8.66. The predicted molar refractivity (Wildman–Crippen MR) is 55.8 cm³/mol. The molecule has 2 N–H and O–H groups in total. The van der Waals surface area contributed by atoms with Crippen LogP contribution in [0.2, 0.25) is 0 Å². The SMILES string of the molecule is Cc1cc(C)c(CN)cc1C.Cl. The lowest BCUT2D eigenvalue weighted by Gasteiger charge is -2.06. The molecule has 0 saturated heterocycles. The molecule has 0 aliphatic heterocycles. The Labute approximate surface area is 80.4 Å². The average Bonchev–Trinajstić information content (AvgIpc) is 1.97. The molecule has 2 heteroatoms. The van der Waals surface area contributed by atoms with Crippen LogP contribution in [0.5, 0.6) is 0 Å². The van der Waals surface area contributed by atoms with Gasteiger partial charge < -0.3 is 5.73 Å². The summed E-state index contributed by atoms with van der Waals surface area (Å²) in [6.45, 7) is 7.00. The van der Waals surface area contributed by atoms with E-state index in [0.29, 0.717) is 6.54 Å². The number of aryl methyl sites for hydroxylation is 3. The third-order valence-electron chi connectivity index (χ3n) is 2.17.